The quantitative estimate of drug-likeness (QED) is 0.529. The first kappa shape index (κ1) is 16.9. The minimum Gasteiger partial charge on any atom is -0.508 e. The summed E-state index contributed by atoms with van der Waals surface area (Å²) in [5.41, 5.74) is 0.706. The fourth-order valence-corrected chi connectivity index (χ4v) is 3.56. The van der Waals surface area contributed by atoms with Crippen molar-refractivity contribution in [2.24, 2.45) is 0 Å². The zero-order valence-electron chi connectivity index (χ0n) is 13.6. The molecule has 0 aliphatic heterocycles. The van der Waals surface area contributed by atoms with Crippen LogP contribution in [-0.4, -0.2) is 30.2 Å². The van der Waals surface area contributed by atoms with Gasteiger partial charge in [0.15, 0.2) is 17.3 Å². The van der Waals surface area contributed by atoms with E-state index in [4.69, 9.17) is 9.47 Å². The van der Waals surface area contributed by atoms with Gasteiger partial charge in [0, 0.05) is 5.39 Å². The Morgan fingerprint density at radius 1 is 1.12 bits per heavy atom. The molecule has 2 aromatic carbocycles. The third-order valence-electron chi connectivity index (χ3n) is 3.75. The summed E-state index contributed by atoms with van der Waals surface area (Å²) in [6.07, 6.45) is 2.88. The molecule has 6 heteroatoms. The number of fused-ring (bicyclic) bond motifs is 1. The monoisotopic (exact) mass is 356 g/mol. The number of carbonyl (C=O) groups excluding carboxylic acids is 1. The van der Waals surface area contributed by atoms with Gasteiger partial charge in [0.1, 0.15) is 17.1 Å². The fourth-order valence-electron chi connectivity index (χ4n) is 2.64. The maximum Gasteiger partial charge on any atom is 0.193 e. The van der Waals surface area contributed by atoms with Gasteiger partial charge >= 0.3 is 0 Å². The molecule has 0 aliphatic rings. The van der Waals surface area contributed by atoms with E-state index in [0.717, 1.165) is 0 Å². The summed E-state index contributed by atoms with van der Waals surface area (Å²) < 4.78 is 11.4. The Morgan fingerprint density at radius 3 is 2.56 bits per heavy atom. The second kappa shape index (κ2) is 6.86. The van der Waals surface area contributed by atoms with Crippen LogP contribution in [0.2, 0.25) is 0 Å². The minimum absolute atomic E-state index is 0.0432. The van der Waals surface area contributed by atoms with Crippen molar-refractivity contribution in [3.63, 3.8) is 0 Å². The van der Waals surface area contributed by atoms with Gasteiger partial charge in [0.05, 0.1) is 18.9 Å². The molecular weight excluding hydrogens is 340 g/mol. The lowest BCUT2D eigenvalue weighted by molar-refractivity contribution is 0.104. The Hall–Kier alpha value is -2.99. The van der Waals surface area contributed by atoms with Gasteiger partial charge in [0.2, 0.25) is 0 Å². The lowest BCUT2D eigenvalue weighted by atomic mass is 10.0. The highest BCUT2D eigenvalue weighted by Gasteiger charge is 2.25. The van der Waals surface area contributed by atoms with Crippen molar-refractivity contribution in [3.8, 4) is 23.0 Å². The Labute approximate surface area is 148 Å². The number of methoxy groups -OCH3 is 2. The molecule has 25 heavy (non-hydrogen) atoms. The van der Waals surface area contributed by atoms with Crippen LogP contribution in [0.3, 0.4) is 0 Å². The molecule has 3 rings (SSSR count). The van der Waals surface area contributed by atoms with Gasteiger partial charge in [-0.05, 0) is 35.2 Å². The number of hydrogen-bond donors (Lipinski definition) is 2. The van der Waals surface area contributed by atoms with Crippen molar-refractivity contribution in [2.45, 2.75) is 0 Å². The van der Waals surface area contributed by atoms with Crippen LogP contribution in [0.1, 0.15) is 15.9 Å². The Morgan fingerprint density at radius 2 is 1.88 bits per heavy atom. The third kappa shape index (κ3) is 3.04. The number of phenols is 2. The molecule has 0 aliphatic carbocycles. The molecule has 0 amide bonds. The van der Waals surface area contributed by atoms with Crippen LogP contribution in [-0.2, 0) is 0 Å². The number of allylic oxidation sites excluding steroid dienone is 1. The number of ether oxygens (including phenoxy) is 2. The maximum absolute atomic E-state index is 12.7. The van der Waals surface area contributed by atoms with Crippen molar-refractivity contribution in [2.75, 3.05) is 14.2 Å². The van der Waals surface area contributed by atoms with Gasteiger partial charge in [-0.15, -0.1) is 11.3 Å². The molecule has 5 nitrogen and oxygen atoms in total. The third-order valence-corrected chi connectivity index (χ3v) is 4.66. The van der Waals surface area contributed by atoms with Crippen LogP contribution in [0.4, 0.5) is 0 Å². The van der Waals surface area contributed by atoms with Crippen LogP contribution < -0.4 is 9.47 Å². The average molecular weight is 356 g/mol. The SMILES string of the molecule is COc1c(C(=O)C=Cc2cccc(O)c2)c(O)c(OC)c2sccc12. The van der Waals surface area contributed by atoms with E-state index in [9.17, 15) is 15.0 Å². The number of rotatable bonds is 5. The van der Waals surface area contributed by atoms with Gasteiger partial charge in [0.25, 0.3) is 0 Å². The molecule has 0 saturated carbocycles. The predicted molar refractivity (Wildman–Crippen MR) is 98.1 cm³/mol. The van der Waals surface area contributed by atoms with E-state index < -0.39 is 5.78 Å². The van der Waals surface area contributed by atoms with Crippen LogP contribution in [0.25, 0.3) is 16.2 Å². The van der Waals surface area contributed by atoms with Crippen molar-refractivity contribution in [1.29, 1.82) is 0 Å². The molecule has 0 fully saturated rings. The van der Waals surface area contributed by atoms with E-state index in [1.165, 1.54) is 37.7 Å². The van der Waals surface area contributed by atoms with Crippen LogP contribution in [0.15, 0.2) is 41.8 Å². The fraction of sp³-hybridized carbons (Fsp3) is 0.105. The molecule has 0 radical (unpaired) electrons. The van der Waals surface area contributed by atoms with Gasteiger partial charge in [-0.25, -0.2) is 0 Å². The van der Waals surface area contributed by atoms with Crippen LogP contribution in [0, 0.1) is 0 Å². The molecule has 0 spiro atoms. The predicted octanol–water partition coefficient (Wildman–Crippen LogP) is 4.23. The molecule has 0 unspecified atom stereocenters. The smallest absolute Gasteiger partial charge is 0.193 e. The molecule has 128 valence electrons. The second-order valence-corrected chi connectivity index (χ2v) is 6.16. The number of thiophene rings is 1. The van der Waals surface area contributed by atoms with E-state index in [-0.39, 0.29) is 22.8 Å². The summed E-state index contributed by atoms with van der Waals surface area (Å²) in [7, 11) is 2.89. The molecule has 2 N–H and O–H groups in total. The summed E-state index contributed by atoms with van der Waals surface area (Å²) >= 11 is 1.39. The topological polar surface area (TPSA) is 76.0 Å². The standard InChI is InChI=1S/C19H16O5S/c1-23-17-13-8-9-25-19(13)18(24-2)16(22)15(17)14(21)7-6-11-4-3-5-12(20)10-11/h3-10,20,22H,1-2H3. The molecule has 1 aromatic heterocycles. The highest BCUT2D eigenvalue weighted by atomic mass is 32.1. The van der Waals surface area contributed by atoms with Gasteiger partial charge < -0.3 is 19.7 Å². The van der Waals surface area contributed by atoms with Crippen molar-refractivity contribution >= 4 is 33.3 Å². The van der Waals surface area contributed by atoms with Gasteiger partial charge in [-0.2, -0.15) is 0 Å². The van der Waals surface area contributed by atoms with E-state index in [1.54, 1.807) is 24.3 Å². The van der Waals surface area contributed by atoms with Crippen LogP contribution >= 0.6 is 11.3 Å². The molecule has 1 heterocycles. The Balaban J connectivity index is 2.10. The summed E-state index contributed by atoms with van der Waals surface area (Å²) in [4.78, 5) is 12.7. The maximum atomic E-state index is 12.7. The number of aromatic hydroxyl groups is 2. The summed E-state index contributed by atoms with van der Waals surface area (Å²) in [6.45, 7) is 0. The first-order valence-corrected chi connectivity index (χ1v) is 8.30. The van der Waals surface area contributed by atoms with Crippen molar-refractivity contribution < 1.29 is 24.5 Å². The number of hydrogen-bond acceptors (Lipinski definition) is 6. The van der Waals surface area contributed by atoms with E-state index in [2.05, 4.69) is 0 Å². The number of phenolic OH excluding ortho intramolecular Hbond substituents is 2. The second-order valence-electron chi connectivity index (χ2n) is 5.25. The highest BCUT2D eigenvalue weighted by molar-refractivity contribution is 7.17. The zero-order valence-corrected chi connectivity index (χ0v) is 14.5. The normalized spacial score (nSPS) is 11.1. The molecular formula is C19H16O5S. The number of carbonyl (C=O) groups is 1. The van der Waals surface area contributed by atoms with E-state index >= 15 is 0 Å². The number of ketones is 1. The van der Waals surface area contributed by atoms with E-state index in [0.29, 0.717) is 21.4 Å². The zero-order chi connectivity index (χ0) is 18.0. The highest BCUT2D eigenvalue weighted by Crippen LogP contribution is 2.47. The molecule has 0 atom stereocenters. The Bertz CT molecular complexity index is 971. The van der Waals surface area contributed by atoms with E-state index in [1.807, 2.05) is 11.4 Å². The van der Waals surface area contributed by atoms with Gasteiger partial charge in [-0.3, -0.25) is 4.79 Å². The van der Waals surface area contributed by atoms with Crippen LogP contribution in [0.5, 0.6) is 23.0 Å². The lowest BCUT2D eigenvalue weighted by Crippen LogP contribution is -2.02. The molecule has 3 aromatic rings. The largest absolute Gasteiger partial charge is 0.508 e. The summed E-state index contributed by atoms with van der Waals surface area (Å²) in [5.74, 6) is -0.0136. The first-order valence-electron chi connectivity index (χ1n) is 7.42. The average Bonchev–Trinajstić information content (AvgIpc) is 3.08. The molecule has 0 bridgehead atoms. The summed E-state index contributed by atoms with van der Waals surface area (Å²) in [5, 5.41) is 22.6. The Kier molecular flexibility index (Phi) is 4.63. The number of benzene rings is 2. The van der Waals surface area contributed by atoms with Crippen molar-refractivity contribution in [1.82, 2.24) is 0 Å². The van der Waals surface area contributed by atoms with Gasteiger partial charge in [-0.1, -0.05) is 18.2 Å². The minimum atomic E-state index is -0.427. The molecule has 0 saturated heterocycles. The summed E-state index contributed by atoms with van der Waals surface area (Å²) in [6, 6.07) is 8.32. The van der Waals surface area contributed by atoms with Crippen molar-refractivity contribution in [3.05, 3.63) is 52.9 Å². The first-order chi connectivity index (χ1) is 12.1. The lowest BCUT2D eigenvalue weighted by Gasteiger charge is -2.13.